The van der Waals surface area contributed by atoms with Gasteiger partial charge in [-0.05, 0) is 20.8 Å². The van der Waals surface area contributed by atoms with Crippen LogP contribution < -0.4 is 0 Å². The fourth-order valence-electron chi connectivity index (χ4n) is 1.84. The summed E-state index contributed by atoms with van der Waals surface area (Å²) in [4.78, 5) is 24.5. The van der Waals surface area contributed by atoms with Crippen molar-refractivity contribution in [1.82, 2.24) is 4.90 Å². The summed E-state index contributed by atoms with van der Waals surface area (Å²) < 4.78 is 15.3. The Labute approximate surface area is 118 Å². The van der Waals surface area contributed by atoms with E-state index in [0.29, 0.717) is 13.2 Å². The van der Waals surface area contributed by atoms with E-state index in [1.165, 1.54) is 4.90 Å². The number of hydrogen-bond acceptors (Lipinski definition) is 5. The van der Waals surface area contributed by atoms with Gasteiger partial charge in [0.1, 0.15) is 11.0 Å². The Balaban J connectivity index is 2.46. The number of likely N-dealkylation sites (tertiary alicyclic amines) is 1. The normalized spacial score (nSPS) is 17.5. The van der Waals surface area contributed by atoms with E-state index in [9.17, 15) is 14.7 Å². The number of rotatable bonds is 6. The third-order valence-electron chi connectivity index (χ3n) is 2.90. The second-order valence-corrected chi connectivity index (χ2v) is 5.97. The van der Waals surface area contributed by atoms with Crippen molar-refractivity contribution in [3.05, 3.63) is 0 Å². The predicted molar refractivity (Wildman–Crippen MR) is 70.6 cm³/mol. The first kappa shape index (κ1) is 16.7. The van der Waals surface area contributed by atoms with Crippen LogP contribution in [0, 0.1) is 5.41 Å². The second-order valence-electron chi connectivity index (χ2n) is 5.97. The summed E-state index contributed by atoms with van der Waals surface area (Å²) in [6, 6.07) is 0. The average Bonchev–Trinajstić information content (AvgIpc) is 2.23. The summed E-state index contributed by atoms with van der Waals surface area (Å²) in [6.45, 7) is 6.30. The molecule has 1 rings (SSSR count). The zero-order chi connectivity index (χ0) is 15.4. The molecule has 0 aliphatic carbocycles. The lowest BCUT2D eigenvalue weighted by Gasteiger charge is -2.46. The number of carbonyl (C=O) groups excluding carboxylic acids is 1. The molecule has 1 N–H and O–H groups in total. The molecule has 1 fully saturated rings. The molecule has 0 atom stereocenters. The Bertz CT molecular complexity index is 356. The standard InChI is InChI=1S/C13H23NO6/c1-12(2,3)20-11(17)14-7-13(8-14,10(15)16)9-19-6-5-18-4/h5-9H2,1-4H3,(H,15,16). The lowest BCUT2D eigenvalue weighted by Crippen LogP contribution is -2.64. The number of nitrogens with zero attached hydrogens (tertiary/aromatic N) is 1. The van der Waals surface area contributed by atoms with Crippen molar-refractivity contribution in [3.63, 3.8) is 0 Å². The lowest BCUT2D eigenvalue weighted by molar-refractivity contribution is -0.166. The number of hydrogen-bond donors (Lipinski definition) is 1. The van der Waals surface area contributed by atoms with Gasteiger partial charge in [0, 0.05) is 20.2 Å². The molecule has 0 unspecified atom stereocenters. The molecular formula is C13H23NO6. The number of carboxylic acid groups (broad SMARTS) is 1. The van der Waals surface area contributed by atoms with Crippen molar-refractivity contribution in [2.45, 2.75) is 26.4 Å². The number of ether oxygens (including phenoxy) is 3. The minimum atomic E-state index is -1.04. The van der Waals surface area contributed by atoms with Crippen molar-refractivity contribution in [1.29, 1.82) is 0 Å². The highest BCUT2D eigenvalue weighted by Gasteiger charge is 2.52. The first-order valence-corrected chi connectivity index (χ1v) is 6.48. The molecule has 20 heavy (non-hydrogen) atoms. The van der Waals surface area contributed by atoms with Gasteiger partial charge in [-0.25, -0.2) is 4.79 Å². The third-order valence-corrected chi connectivity index (χ3v) is 2.90. The fraction of sp³-hybridized carbons (Fsp3) is 0.846. The van der Waals surface area contributed by atoms with Gasteiger partial charge < -0.3 is 24.2 Å². The molecule has 0 radical (unpaired) electrons. The number of methoxy groups -OCH3 is 1. The van der Waals surface area contributed by atoms with Gasteiger partial charge >= 0.3 is 12.1 Å². The van der Waals surface area contributed by atoms with Crippen LogP contribution in [-0.2, 0) is 19.0 Å². The molecule has 0 bridgehead atoms. The van der Waals surface area contributed by atoms with E-state index in [1.54, 1.807) is 27.9 Å². The Kier molecular flexibility index (Phi) is 5.35. The molecule has 0 spiro atoms. The van der Waals surface area contributed by atoms with Crippen LogP contribution in [0.25, 0.3) is 0 Å². The van der Waals surface area contributed by atoms with Crippen molar-refractivity contribution >= 4 is 12.1 Å². The Morgan fingerprint density at radius 2 is 1.85 bits per heavy atom. The van der Waals surface area contributed by atoms with Crippen LogP contribution in [0.1, 0.15) is 20.8 Å². The molecule has 7 heteroatoms. The highest BCUT2D eigenvalue weighted by molar-refractivity contribution is 5.80. The van der Waals surface area contributed by atoms with Crippen molar-refractivity contribution in [3.8, 4) is 0 Å². The molecule has 0 aromatic carbocycles. The maximum Gasteiger partial charge on any atom is 0.410 e. The van der Waals surface area contributed by atoms with Crippen LogP contribution >= 0.6 is 0 Å². The fourth-order valence-corrected chi connectivity index (χ4v) is 1.84. The van der Waals surface area contributed by atoms with Crippen LogP contribution in [0.2, 0.25) is 0 Å². The summed E-state index contributed by atoms with van der Waals surface area (Å²) in [5, 5.41) is 9.28. The average molecular weight is 289 g/mol. The summed E-state index contributed by atoms with van der Waals surface area (Å²) in [5.41, 5.74) is -1.63. The topological polar surface area (TPSA) is 85.3 Å². The largest absolute Gasteiger partial charge is 0.481 e. The molecule has 1 aliphatic heterocycles. The molecule has 1 amide bonds. The van der Waals surface area contributed by atoms with Crippen LogP contribution in [0.4, 0.5) is 4.79 Å². The molecule has 0 aromatic heterocycles. The molecule has 1 heterocycles. The summed E-state index contributed by atoms with van der Waals surface area (Å²) in [7, 11) is 1.55. The van der Waals surface area contributed by atoms with Gasteiger partial charge in [0.25, 0.3) is 0 Å². The van der Waals surface area contributed by atoms with Crippen molar-refractivity contribution < 1.29 is 28.9 Å². The minimum absolute atomic E-state index is 0.0605. The Morgan fingerprint density at radius 3 is 2.30 bits per heavy atom. The van der Waals surface area contributed by atoms with Crippen molar-refractivity contribution in [2.75, 3.05) is 40.0 Å². The van der Waals surface area contributed by atoms with E-state index in [2.05, 4.69) is 0 Å². The number of aliphatic carboxylic acids is 1. The first-order chi connectivity index (χ1) is 9.20. The van der Waals surface area contributed by atoms with E-state index in [1.807, 2.05) is 0 Å². The number of carboxylic acids is 1. The first-order valence-electron chi connectivity index (χ1n) is 6.48. The van der Waals surface area contributed by atoms with Gasteiger partial charge in [0.2, 0.25) is 0 Å². The zero-order valence-electron chi connectivity index (χ0n) is 12.5. The molecule has 0 saturated carbocycles. The molecule has 7 nitrogen and oxygen atoms in total. The summed E-state index contributed by atoms with van der Waals surface area (Å²) in [6.07, 6.45) is -0.494. The number of carbonyl (C=O) groups is 2. The quantitative estimate of drug-likeness (QED) is 0.733. The highest BCUT2D eigenvalue weighted by atomic mass is 16.6. The minimum Gasteiger partial charge on any atom is -0.481 e. The van der Waals surface area contributed by atoms with E-state index in [0.717, 1.165) is 0 Å². The molecule has 1 saturated heterocycles. The van der Waals surface area contributed by atoms with Gasteiger partial charge in [0.15, 0.2) is 0 Å². The van der Waals surface area contributed by atoms with Crippen LogP contribution in [0.5, 0.6) is 0 Å². The zero-order valence-corrected chi connectivity index (χ0v) is 12.5. The smallest absolute Gasteiger partial charge is 0.410 e. The van der Waals surface area contributed by atoms with E-state index in [-0.39, 0.29) is 19.7 Å². The Morgan fingerprint density at radius 1 is 1.25 bits per heavy atom. The van der Waals surface area contributed by atoms with E-state index >= 15 is 0 Å². The monoisotopic (exact) mass is 289 g/mol. The van der Waals surface area contributed by atoms with Crippen LogP contribution in [0.15, 0.2) is 0 Å². The Hall–Kier alpha value is -1.34. The molecular weight excluding hydrogens is 266 g/mol. The summed E-state index contributed by atoms with van der Waals surface area (Å²) in [5.74, 6) is -0.963. The van der Waals surface area contributed by atoms with E-state index in [4.69, 9.17) is 14.2 Å². The van der Waals surface area contributed by atoms with Crippen molar-refractivity contribution in [2.24, 2.45) is 5.41 Å². The SMILES string of the molecule is COCCOCC1(C(=O)O)CN(C(=O)OC(C)(C)C)C1. The third kappa shape index (κ3) is 4.35. The maximum atomic E-state index is 11.8. The molecule has 116 valence electrons. The predicted octanol–water partition coefficient (Wildman–Crippen LogP) is 0.971. The van der Waals surface area contributed by atoms with Crippen LogP contribution in [0.3, 0.4) is 0 Å². The maximum absolute atomic E-state index is 11.8. The van der Waals surface area contributed by atoms with Gasteiger partial charge in [-0.15, -0.1) is 0 Å². The summed E-state index contributed by atoms with van der Waals surface area (Å²) >= 11 is 0. The second kappa shape index (κ2) is 6.41. The van der Waals surface area contributed by atoms with Gasteiger partial charge in [0.05, 0.1) is 19.8 Å². The lowest BCUT2D eigenvalue weighted by atomic mass is 9.81. The highest BCUT2D eigenvalue weighted by Crippen LogP contribution is 2.32. The van der Waals surface area contributed by atoms with Crippen LogP contribution in [-0.4, -0.2) is 67.7 Å². The molecule has 0 aromatic rings. The van der Waals surface area contributed by atoms with E-state index < -0.39 is 23.1 Å². The number of amides is 1. The van der Waals surface area contributed by atoms with Gasteiger partial charge in [-0.1, -0.05) is 0 Å². The molecule has 1 aliphatic rings. The van der Waals surface area contributed by atoms with Gasteiger partial charge in [-0.2, -0.15) is 0 Å². The van der Waals surface area contributed by atoms with Gasteiger partial charge in [-0.3, -0.25) is 4.79 Å².